The molecule has 0 aliphatic heterocycles. The highest BCUT2D eigenvalue weighted by atomic mass is 16.5. The summed E-state index contributed by atoms with van der Waals surface area (Å²) in [5.41, 5.74) is 2.25. The number of methoxy groups -OCH3 is 2. The molecule has 0 fully saturated rings. The molecule has 2 atom stereocenters. The molecule has 4 N–H and O–H groups in total. The summed E-state index contributed by atoms with van der Waals surface area (Å²) in [7, 11) is 3.02. The Hall–Kier alpha value is -3.52. The zero-order valence-electron chi connectivity index (χ0n) is 17.4. The molecule has 1 heterocycles. The number of hydrogen-bond acceptors (Lipinski definition) is 5. The molecule has 2 unspecified atom stereocenters. The van der Waals surface area contributed by atoms with Gasteiger partial charge in [-0.25, -0.2) is 4.79 Å². The largest absolute Gasteiger partial charge is 0.497 e. The SMILES string of the molecule is COc1ccc(C(O)CCC(=O)NC(Cc2c[nH]c3ccccc23)C(=O)O)c(OC)c1. The van der Waals surface area contributed by atoms with Crippen LogP contribution in [-0.4, -0.2) is 47.3 Å². The number of aliphatic hydroxyl groups excluding tert-OH is 1. The van der Waals surface area contributed by atoms with Crippen molar-refractivity contribution >= 4 is 22.8 Å². The van der Waals surface area contributed by atoms with Gasteiger partial charge in [0.1, 0.15) is 17.5 Å². The van der Waals surface area contributed by atoms with Crippen molar-refractivity contribution in [3.63, 3.8) is 0 Å². The van der Waals surface area contributed by atoms with E-state index in [4.69, 9.17) is 9.47 Å². The maximum atomic E-state index is 12.4. The first-order chi connectivity index (χ1) is 14.9. The van der Waals surface area contributed by atoms with Crippen LogP contribution in [0.2, 0.25) is 0 Å². The number of aromatic amines is 1. The Balaban J connectivity index is 1.61. The fourth-order valence-electron chi connectivity index (χ4n) is 3.50. The van der Waals surface area contributed by atoms with E-state index in [1.165, 1.54) is 14.2 Å². The van der Waals surface area contributed by atoms with Gasteiger partial charge in [-0.15, -0.1) is 0 Å². The minimum atomic E-state index is -1.11. The first-order valence-corrected chi connectivity index (χ1v) is 9.90. The molecule has 0 spiro atoms. The van der Waals surface area contributed by atoms with Gasteiger partial charge in [-0.1, -0.05) is 18.2 Å². The molecule has 3 rings (SSSR count). The summed E-state index contributed by atoms with van der Waals surface area (Å²) in [5.74, 6) is -0.517. The number of para-hydroxylation sites is 1. The molecule has 3 aromatic rings. The Bertz CT molecular complexity index is 1060. The summed E-state index contributed by atoms with van der Waals surface area (Å²) in [6.45, 7) is 0. The van der Waals surface area contributed by atoms with Crippen molar-refractivity contribution in [1.29, 1.82) is 0 Å². The zero-order valence-corrected chi connectivity index (χ0v) is 17.4. The lowest BCUT2D eigenvalue weighted by molar-refractivity contribution is -0.141. The number of rotatable bonds is 10. The standard InChI is InChI=1S/C23H26N2O6/c1-30-15-7-8-17(21(12-15)31-2)20(26)9-10-22(27)25-19(23(28)29)11-14-13-24-18-6-4-3-5-16(14)18/h3-8,12-13,19-20,24,26H,9-11H2,1-2H3,(H,25,27)(H,28,29). The van der Waals surface area contributed by atoms with Crippen molar-refractivity contribution in [3.8, 4) is 11.5 Å². The fourth-order valence-corrected chi connectivity index (χ4v) is 3.50. The molecular formula is C23H26N2O6. The summed E-state index contributed by atoms with van der Waals surface area (Å²) < 4.78 is 10.4. The normalized spacial score (nSPS) is 12.9. The lowest BCUT2D eigenvalue weighted by Crippen LogP contribution is -2.42. The number of amides is 1. The first-order valence-electron chi connectivity index (χ1n) is 9.90. The molecule has 0 radical (unpaired) electrons. The number of carboxylic acids is 1. The summed E-state index contributed by atoms with van der Waals surface area (Å²) in [6.07, 6.45) is 1.05. The molecule has 1 amide bonds. The van der Waals surface area contributed by atoms with Gasteiger partial charge < -0.3 is 30.0 Å². The van der Waals surface area contributed by atoms with Gasteiger partial charge in [0.15, 0.2) is 0 Å². The van der Waals surface area contributed by atoms with E-state index in [2.05, 4.69) is 10.3 Å². The van der Waals surface area contributed by atoms with E-state index in [1.54, 1.807) is 24.4 Å². The van der Waals surface area contributed by atoms with Crippen LogP contribution in [0.3, 0.4) is 0 Å². The van der Waals surface area contributed by atoms with Crippen molar-refractivity contribution in [3.05, 3.63) is 59.8 Å². The van der Waals surface area contributed by atoms with Crippen LogP contribution in [0.4, 0.5) is 0 Å². The Kier molecular flexibility index (Phi) is 7.15. The van der Waals surface area contributed by atoms with Crippen LogP contribution in [-0.2, 0) is 16.0 Å². The third kappa shape index (κ3) is 5.35. The molecule has 0 aliphatic rings. The summed E-state index contributed by atoms with van der Waals surface area (Å²) in [6, 6.07) is 11.5. The third-order valence-corrected chi connectivity index (χ3v) is 5.18. The number of carbonyl (C=O) groups is 2. The number of aromatic nitrogens is 1. The van der Waals surface area contributed by atoms with Gasteiger partial charge in [0.05, 0.1) is 20.3 Å². The van der Waals surface area contributed by atoms with Crippen LogP contribution in [0.5, 0.6) is 11.5 Å². The van der Waals surface area contributed by atoms with Crippen molar-refractivity contribution in [2.45, 2.75) is 31.4 Å². The maximum Gasteiger partial charge on any atom is 0.326 e. The second kappa shape index (κ2) is 9.99. The topological polar surface area (TPSA) is 121 Å². The molecule has 8 heteroatoms. The van der Waals surface area contributed by atoms with E-state index in [-0.39, 0.29) is 19.3 Å². The van der Waals surface area contributed by atoms with Gasteiger partial charge in [0.2, 0.25) is 5.91 Å². The van der Waals surface area contributed by atoms with Crippen LogP contribution < -0.4 is 14.8 Å². The van der Waals surface area contributed by atoms with Gasteiger partial charge in [0.25, 0.3) is 0 Å². The van der Waals surface area contributed by atoms with Crippen molar-refractivity contribution in [2.24, 2.45) is 0 Å². The van der Waals surface area contributed by atoms with E-state index < -0.39 is 24.0 Å². The molecule has 8 nitrogen and oxygen atoms in total. The Morgan fingerprint density at radius 2 is 1.90 bits per heavy atom. The average molecular weight is 426 g/mol. The summed E-state index contributed by atoms with van der Waals surface area (Å²) >= 11 is 0. The van der Waals surface area contributed by atoms with Crippen LogP contribution in [0, 0.1) is 0 Å². The Labute approximate surface area is 179 Å². The molecular weight excluding hydrogens is 400 g/mol. The van der Waals surface area contributed by atoms with E-state index in [0.29, 0.717) is 17.1 Å². The van der Waals surface area contributed by atoms with Crippen LogP contribution in [0.15, 0.2) is 48.7 Å². The minimum Gasteiger partial charge on any atom is -0.497 e. The second-order valence-corrected chi connectivity index (χ2v) is 7.18. The van der Waals surface area contributed by atoms with Crippen molar-refractivity contribution in [2.75, 3.05) is 14.2 Å². The highest BCUT2D eigenvalue weighted by Crippen LogP contribution is 2.31. The van der Waals surface area contributed by atoms with Crippen molar-refractivity contribution in [1.82, 2.24) is 10.3 Å². The average Bonchev–Trinajstić information content (AvgIpc) is 3.19. The van der Waals surface area contributed by atoms with Gasteiger partial charge in [0, 0.05) is 41.6 Å². The van der Waals surface area contributed by atoms with Gasteiger partial charge in [-0.3, -0.25) is 4.79 Å². The van der Waals surface area contributed by atoms with Crippen LogP contribution in [0.1, 0.15) is 30.1 Å². The molecule has 31 heavy (non-hydrogen) atoms. The minimum absolute atomic E-state index is 0.0337. The molecule has 0 saturated heterocycles. The predicted molar refractivity (Wildman–Crippen MR) is 115 cm³/mol. The smallest absolute Gasteiger partial charge is 0.326 e. The van der Waals surface area contributed by atoms with E-state index >= 15 is 0 Å². The quantitative estimate of drug-likeness (QED) is 0.396. The summed E-state index contributed by atoms with van der Waals surface area (Å²) in [4.78, 5) is 27.2. The number of aliphatic hydroxyl groups is 1. The fraction of sp³-hybridized carbons (Fsp3) is 0.304. The molecule has 2 aromatic carbocycles. The monoisotopic (exact) mass is 426 g/mol. The highest BCUT2D eigenvalue weighted by molar-refractivity contribution is 5.86. The number of benzene rings is 2. The molecule has 164 valence electrons. The highest BCUT2D eigenvalue weighted by Gasteiger charge is 2.23. The van der Waals surface area contributed by atoms with Gasteiger partial charge in [-0.05, 0) is 30.2 Å². The van der Waals surface area contributed by atoms with Gasteiger partial charge in [-0.2, -0.15) is 0 Å². The van der Waals surface area contributed by atoms with E-state index in [0.717, 1.165) is 16.5 Å². The third-order valence-electron chi connectivity index (χ3n) is 5.18. The number of H-pyrrole nitrogens is 1. The molecule has 1 aromatic heterocycles. The Morgan fingerprint density at radius 1 is 1.13 bits per heavy atom. The van der Waals surface area contributed by atoms with E-state index in [1.807, 2.05) is 24.3 Å². The lowest BCUT2D eigenvalue weighted by atomic mass is 10.0. The Morgan fingerprint density at radius 3 is 2.61 bits per heavy atom. The lowest BCUT2D eigenvalue weighted by Gasteiger charge is -2.17. The van der Waals surface area contributed by atoms with Gasteiger partial charge >= 0.3 is 5.97 Å². The molecule has 0 saturated carbocycles. The number of carboxylic acid groups (broad SMARTS) is 1. The molecule has 0 aliphatic carbocycles. The number of fused-ring (bicyclic) bond motifs is 1. The number of carbonyl (C=O) groups excluding carboxylic acids is 1. The van der Waals surface area contributed by atoms with E-state index in [9.17, 15) is 19.8 Å². The number of ether oxygens (including phenoxy) is 2. The first kappa shape index (κ1) is 22.2. The van der Waals surface area contributed by atoms with Crippen LogP contribution >= 0.6 is 0 Å². The zero-order chi connectivity index (χ0) is 22.4. The number of hydrogen-bond donors (Lipinski definition) is 4. The van der Waals surface area contributed by atoms with Crippen molar-refractivity contribution < 1.29 is 29.3 Å². The second-order valence-electron chi connectivity index (χ2n) is 7.18. The molecule has 0 bridgehead atoms. The number of aliphatic carboxylic acids is 1. The predicted octanol–water partition coefficient (Wildman–Crippen LogP) is 2.81. The number of nitrogens with one attached hydrogen (secondary N) is 2. The maximum absolute atomic E-state index is 12.4. The summed E-state index contributed by atoms with van der Waals surface area (Å²) in [5, 5.41) is 23.5. The van der Waals surface area contributed by atoms with Crippen LogP contribution in [0.25, 0.3) is 10.9 Å².